The largest absolute Gasteiger partial charge is 0.497 e. The van der Waals surface area contributed by atoms with Crippen LogP contribution in [-0.2, 0) is 4.79 Å². The van der Waals surface area contributed by atoms with E-state index >= 15 is 0 Å². The van der Waals surface area contributed by atoms with Crippen LogP contribution < -0.4 is 14.8 Å². The van der Waals surface area contributed by atoms with E-state index in [1.54, 1.807) is 37.6 Å². The lowest BCUT2D eigenvalue weighted by molar-refractivity contribution is -0.118. The lowest BCUT2D eigenvalue weighted by Gasteiger charge is -2.14. The zero-order valence-corrected chi connectivity index (χ0v) is 13.2. The fourth-order valence-corrected chi connectivity index (χ4v) is 2.85. The van der Waals surface area contributed by atoms with Crippen molar-refractivity contribution in [1.29, 1.82) is 0 Å². The number of amides is 1. The summed E-state index contributed by atoms with van der Waals surface area (Å²) in [5, 5.41) is 7.21. The van der Waals surface area contributed by atoms with Crippen molar-refractivity contribution in [1.82, 2.24) is 9.78 Å². The predicted octanol–water partition coefficient (Wildman–Crippen LogP) is 3.02. The zero-order chi connectivity index (χ0) is 16.1. The standard InChI is InChI=1S/C17H21N3O3/c1-22-14-6-8-15(9-7-14)23-12-17(21)19-16-10-11-18-20(16)13-4-2-3-5-13/h6-11,13H,2-5,12H2,1H3,(H,19,21). The van der Waals surface area contributed by atoms with Gasteiger partial charge in [0, 0.05) is 6.07 Å². The molecule has 6 heteroatoms. The number of hydrogen-bond donors (Lipinski definition) is 1. The minimum absolute atomic E-state index is 0.0395. The molecule has 23 heavy (non-hydrogen) atoms. The molecular formula is C17H21N3O3. The number of nitrogens with zero attached hydrogens (tertiary/aromatic N) is 2. The van der Waals surface area contributed by atoms with Crippen LogP contribution in [0.1, 0.15) is 31.7 Å². The average Bonchev–Trinajstić information content (AvgIpc) is 3.24. The molecule has 0 bridgehead atoms. The van der Waals surface area contributed by atoms with Crippen LogP contribution in [0.4, 0.5) is 5.82 Å². The molecule has 1 heterocycles. The summed E-state index contributed by atoms with van der Waals surface area (Å²) in [6, 6.07) is 9.35. The number of hydrogen-bond acceptors (Lipinski definition) is 4. The first-order valence-corrected chi connectivity index (χ1v) is 7.86. The quantitative estimate of drug-likeness (QED) is 0.890. The normalized spacial score (nSPS) is 14.7. The predicted molar refractivity (Wildman–Crippen MR) is 86.9 cm³/mol. The van der Waals surface area contributed by atoms with Crippen molar-refractivity contribution in [3.63, 3.8) is 0 Å². The van der Waals surface area contributed by atoms with Crippen molar-refractivity contribution in [2.24, 2.45) is 0 Å². The third kappa shape index (κ3) is 3.83. The van der Waals surface area contributed by atoms with Gasteiger partial charge in [-0.05, 0) is 37.1 Å². The molecule has 2 aromatic rings. The molecule has 122 valence electrons. The van der Waals surface area contributed by atoms with Gasteiger partial charge in [-0.25, -0.2) is 4.68 Å². The first-order chi connectivity index (χ1) is 11.3. The molecular weight excluding hydrogens is 294 g/mol. The van der Waals surface area contributed by atoms with Gasteiger partial charge in [0.2, 0.25) is 0 Å². The van der Waals surface area contributed by atoms with E-state index in [4.69, 9.17) is 9.47 Å². The molecule has 1 aliphatic carbocycles. The van der Waals surface area contributed by atoms with Crippen LogP contribution in [0, 0.1) is 0 Å². The lowest BCUT2D eigenvalue weighted by atomic mass is 10.2. The minimum Gasteiger partial charge on any atom is -0.497 e. The Labute approximate surface area is 135 Å². The van der Waals surface area contributed by atoms with Gasteiger partial charge in [0.15, 0.2) is 6.61 Å². The first-order valence-electron chi connectivity index (χ1n) is 7.86. The fourth-order valence-electron chi connectivity index (χ4n) is 2.85. The number of nitrogens with one attached hydrogen (secondary N) is 1. The van der Waals surface area contributed by atoms with Crippen LogP contribution in [0.2, 0.25) is 0 Å². The molecule has 1 fully saturated rings. The Kier molecular flexibility index (Phi) is 4.80. The maximum Gasteiger partial charge on any atom is 0.263 e. The Hall–Kier alpha value is -2.50. The van der Waals surface area contributed by atoms with Gasteiger partial charge in [0.1, 0.15) is 17.3 Å². The number of anilines is 1. The van der Waals surface area contributed by atoms with Crippen molar-refractivity contribution in [3.8, 4) is 11.5 Å². The highest BCUT2D eigenvalue weighted by atomic mass is 16.5. The van der Waals surface area contributed by atoms with E-state index < -0.39 is 0 Å². The monoisotopic (exact) mass is 315 g/mol. The van der Waals surface area contributed by atoms with Crippen LogP contribution in [-0.4, -0.2) is 29.4 Å². The van der Waals surface area contributed by atoms with Crippen molar-refractivity contribution < 1.29 is 14.3 Å². The van der Waals surface area contributed by atoms with Gasteiger partial charge in [-0.15, -0.1) is 0 Å². The Morgan fingerprint density at radius 3 is 2.61 bits per heavy atom. The molecule has 1 amide bonds. The molecule has 1 aliphatic rings. The maximum absolute atomic E-state index is 12.1. The van der Waals surface area contributed by atoms with Gasteiger partial charge in [0.05, 0.1) is 19.3 Å². The molecule has 0 saturated heterocycles. The second kappa shape index (κ2) is 7.17. The van der Waals surface area contributed by atoms with Crippen LogP contribution >= 0.6 is 0 Å². The number of aromatic nitrogens is 2. The van der Waals surface area contributed by atoms with Crippen LogP contribution in [0.15, 0.2) is 36.5 Å². The Morgan fingerprint density at radius 2 is 1.91 bits per heavy atom. The Morgan fingerprint density at radius 1 is 1.22 bits per heavy atom. The van der Waals surface area contributed by atoms with Crippen LogP contribution in [0.3, 0.4) is 0 Å². The molecule has 6 nitrogen and oxygen atoms in total. The molecule has 0 radical (unpaired) electrons. The zero-order valence-electron chi connectivity index (χ0n) is 13.2. The van der Waals surface area contributed by atoms with Crippen LogP contribution in [0.5, 0.6) is 11.5 Å². The number of rotatable bonds is 6. The highest BCUT2D eigenvalue weighted by Crippen LogP contribution is 2.31. The van der Waals surface area contributed by atoms with Crippen molar-refractivity contribution in [3.05, 3.63) is 36.5 Å². The van der Waals surface area contributed by atoms with E-state index in [-0.39, 0.29) is 12.5 Å². The molecule has 1 N–H and O–H groups in total. The van der Waals surface area contributed by atoms with E-state index in [9.17, 15) is 4.79 Å². The van der Waals surface area contributed by atoms with Gasteiger partial charge in [-0.2, -0.15) is 5.10 Å². The van der Waals surface area contributed by atoms with Crippen molar-refractivity contribution in [2.75, 3.05) is 19.0 Å². The van der Waals surface area contributed by atoms with Crippen LogP contribution in [0.25, 0.3) is 0 Å². The van der Waals surface area contributed by atoms with E-state index in [1.807, 2.05) is 10.7 Å². The van der Waals surface area contributed by atoms with Gasteiger partial charge in [-0.3, -0.25) is 4.79 Å². The maximum atomic E-state index is 12.1. The number of carbonyl (C=O) groups is 1. The molecule has 0 spiro atoms. The molecule has 0 unspecified atom stereocenters. The number of carbonyl (C=O) groups excluding carboxylic acids is 1. The van der Waals surface area contributed by atoms with Crippen molar-refractivity contribution in [2.45, 2.75) is 31.7 Å². The molecule has 0 atom stereocenters. The molecule has 3 rings (SSSR count). The van der Waals surface area contributed by atoms with E-state index in [0.717, 1.165) is 24.4 Å². The summed E-state index contributed by atoms with van der Waals surface area (Å²) in [6.45, 7) is -0.0395. The van der Waals surface area contributed by atoms with E-state index in [1.165, 1.54) is 12.8 Å². The smallest absolute Gasteiger partial charge is 0.263 e. The summed E-state index contributed by atoms with van der Waals surface area (Å²) in [5.41, 5.74) is 0. The van der Waals surface area contributed by atoms with Gasteiger partial charge < -0.3 is 14.8 Å². The molecule has 1 saturated carbocycles. The lowest BCUT2D eigenvalue weighted by Crippen LogP contribution is -2.23. The SMILES string of the molecule is COc1ccc(OCC(=O)Nc2ccnn2C2CCCC2)cc1. The average molecular weight is 315 g/mol. The summed E-state index contributed by atoms with van der Waals surface area (Å²) in [4.78, 5) is 12.1. The first kappa shape index (κ1) is 15.4. The summed E-state index contributed by atoms with van der Waals surface area (Å²) in [6.07, 6.45) is 6.40. The number of methoxy groups -OCH3 is 1. The fraction of sp³-hybridized carbons (Fsp3) is 0.412. The van der Waals surface area contributed by atoms with Gasteiger partial charge in [-0.1, -0.05) is 12.8 Å². The molecule has 1 aromatic carbocycles. The third-order valence-electron chi connectivity index (χ3n) is 4.04. The molecule has 0 aliphatic heterocycles. The number of benzene rings is 1. The minimum atomic E-state index is -0.194. The summed E-state index contributed by atoms with van der Waals surface area (Å²) >= 11 is 0. The van der Waals surface area contributed by atoms with Gasteiger partial charge >= 0.3 is 0 Å². The second-order valence-corrected chi connectivity index (χ2v) is 5.61. The highest BCUT2D eigenvalue weighted by molar-refractivity contribution is 5.91. The van der Waals surface area contributed by atoms with Crippen molar-refractivity contribution >= 4 is 11.7 Å². The topological polar surface area (TPSA) is 65.4 Å². The molecule has 1 aromatic heterocycles. The summed E-state index contributed by atoms with van der Waals surface area (Å²) < 4.78 is 12.5. The Bertz CT molecular complexity index is 645. The Balaban J connectivity index is 1.54. The number of ether oxygens (including phenoxy) is 2. The van der Waals surface area contributed by atoms with Gasteiger partial charge in [0.25, 0.3) is 5.91 Å². The highest BCUT2D eigenvalue weighted by Gasteiger charge is 2.20. The third-order valence-corrected chi connectivity index (χ3v) is 4.04. The second-order valence-electron chi connectivity index (χ2n) is 5.61. The summed E-state index contributed by atoms with van der Waals surface area (Å²) in [7, 11) is 1.61. The van der Waals surface area contributed by atoms with E-state index in [0.29, 0.717) is 11.8 Å². The van der Waals surface area contributed by atoms with E-state index in [2.05, 4.69) is 10.4 Å². The summed E-state index contributed by atoms with van der Waals surface area (Å²) in [5.74, 6) is 1.92.